The van der Waals surface area contributed by atoms with Gasteiger partial charge in [-0.15, -0.1) is 0 Å². The molecule has 0 aromatic heterocycles. The number of nitrogens with one attached hydrogen (secondary N) is 1. The second-order valence-corrected chi connectivity index (χ2v) is 7.13. The third kappa shape index (κ3) is 4.99. The first-order chi connectivity index (χ1) is 12.9. The summed E-state index contributed by atoms with van der Waals surface area (Å²) in [5, 5.41) is 12.5. The standard InChI is InChI=1S/C20H21ClN2O4/c1-13-10-23(11-16(13)20(25)26)12-19(24)22-14-6-8-15(9-7-14)27-18-5-3-2-4-17(18)21/h2-9,13,16H,10-12H2,1H3,(H,22,24)(H,25,26)/t13-,16-/m1/s1. The van der Waals surface area contributed by atoms with Crippen molar-refractivity contribution >= 4 is 29.2 Å². The highest BCUT2D eigenvalue weighted by atomic mass is 35.5. The number of amides is 1. The van der Waals surface area contributed by atoms with Crippen LogP contribution in [0.3, 0.4) is 0 Å². The van der Waals surface area contributed by atoms with Crippen molar-refractivity contribution in [2.75, 3.05) is 25.0 Å². The van der Waals surface area contributed by atoms with Crippen LogP contribution >= 0.6 is 11.6 Å². The predicted octanol–water partition coefficient (Wildman–Crippen LogP) is 3.72. The van der Waals surface area contributed by atoms with Gasteiger partial charge in [-0.2, -0.15) is 0 Å². The van der Waals surface area contributed by atoms with Gasteiger partial charge in [0.05, 0.1) is 17.5 Å². The predicted molar refractivity (Wildman–Crippen MR) is 103 cm³/mol. The van der Waals surface area contributed by atoms with Gasteiger partial charge in [0.1, 0.15) is 11.5 Å². The molecule has 2 aromatic carbocycles. The number of aliphatic carboxylic acids is 1. The molecule has 3 rings (SSSR count). The number of halogens is 1. The number of carboxylic acids is 1. The topological polar surface area (TPSA) is 78.9 Å². The van der Waals surface area contributed by atoms with Gasteiger partial charge in [0, 0.05) is 18.8 Å². The lowest BCUT2D eigenvalue weighted by atomic mass is 9.99. The normalized spacial score (nSPS) is 19.6. The van der Waals surface area contributed by atoms with Gasteiger partial charge in [0.25, 0.3) is 0 Å². The second-order valence-electron chi connectivity index (χ2n) is 6.72. The Balaban J connectivity index is 1.53. The van der Waals surface area contributed by atoms with Crippen LogP contribution in [0.1, 0.15) is 6.92 Å². The zero-order valence-corrected chi connectivity index (χ0v) is 15.6. The molecule has 0 aliphatic carbocycles. The maximum Gasteiger partial charge on any atom is 0.308 e. The minimum absolute atomic E-state index is 0.0385. The molecule has 1 aliphatic heterocycles. The third-order valence-electron chi connectivity index (χ3n) is 4.57. The van der Waals surface area contributed by atoms with Crippen molar-refractivity contribution in [3.05, 3.63) is 53.6 Å². The molecular formula is C20H21ClN2O4. The fourth-order valence-corrected chi connectivity index (χ4v) is 3.36. The maximum atomic E-state index is 12.2. The van der Waals surface area contributed by atoms with Crippen LogP contribution in [-0.2, 0) is 9.59 Å². The highest BCUT2D eigenvalue weighted by molar-refractivity contribution is 6.32. The van der Waals surface area contributed by atoms with Crippen LogP contribution in [0.4, 0.5) is 5.69 Å². The molecular weight excluding hydrogens is 368 g/mol. The van der Waals surface area contributed by atoms with E-state index in [1.54, 1.807) is 36.4 Å². The molecule has 0 unspecified atom stereocenters. The minimum atomic E-state index is -0.806. The van der Waals surface area contributed by atoms with Crippen LogP contribution in [-0.4, -0.2) is 41.5 Å². The Hall–Kier alpha value is -2.57. The number of carboxylic acid groups (broad SMARTS) is 1. The second kappa shape index (κ2) is 8.41. The Labute approximate surface area is 162 Å². The molecule has 0 spiro atoms. The monoisotopic (exact) mass is 388 g/mol. The van der Waals surface area contributed by atoms with Crippen molar-refractivity contribution in [2.24, 2.45) is 11.8 Å². The number of hydrogen-bond acceptors (Lipinski definition) is 4. The van der Waals surface area contributed by atoms with Crippen LogP contribution in [0.25, 0.3) is 0 Å². The molecule has 142 valence electrons. The molecule has 1 fully saturated rings. The van der Waals surface area contributed by atoms with Crippen LogP contribution in [0.15, 0.2) is 48.5 Å². The van der Waals surface area contributed by atoms with E-state index >= 15 is 0 Å². The SMILES string of the molecule is C[C@@H]1CN(CC(=O)Nc2ccc(Oc3ccccc3Cl)cc2)C[C@H]1C(=O)O. The van der Waals surface area contributed by atoms with Gasteiger partial charge in [0.2, 0.25) is 5.91 Å². The van der Waals surface area contributed by atoms with E-state index in [1.807, 2.05) is 24.0 Å². The van der Waals surface area contributed by atoms with Crippen molar-refractivity contribution in [1.29, 1.82) is 0 Å². The Kier molecular flexibility index (Phi) is 5.98. The molecule has 6 nitrogen and oxygen atoms in total. The first-order valence-corrected chi connectivity index (χ1v) is 9.07. The van der Waals surface area contributed by atoms with Crippen molar-refractivity contribution in [2.45, 2.75) is 6.92 Å². The summed E-state index contributed by atoms with van der Waals surface area (Å²) in [7, 11) is 0. The molecule has 2 aromatic rings. The zero-order valence-electron chi connectivity index (χ0n) is 14.9. The van der Waals surface area contributed by atoms with Crippen molar-refractivity contribution < 1.29 is 19.4 Å². The Morgan fingerprint density at radius 3 is 2.52 bits per heavy atom. The average Bonchev–Trinajstić information content (AvgIpc) is 2.99. The number of benzene rings is 2. The van der Waals surface area contributed by atoms with E-state index < -0.39 is 11.9 Å². The Bertz CT molecular complexity index is 825. The van der Waals surface area contributed by atoms with E-state index in [-0.39, 0.29) is 18.4 Å². The molecule has 0 saturated carbocycles. The molecule has 2 atom stereocenters. The summed E-state index contributed by atoms with van der Waals surface area (Å²) in [6.07, 6.45) is 0. The number of anilines is 1. The quantitative estimate of drug-likeness (QED) is 0.788. The molecule has 1 amide bonds. The Morgan fingerprint density at radius 1 is 1.19 bits per heavy atom. The summed E-state index contributed by atoms with van der Waals surface area (Å²) in [5.74, 6) is -0.186. The minimum Gasteiger partial charge on any atom is -0.481 e. The van der Waals surface area contributed by atoms with Crippen LogP contribution < -0.4 is 10.1 Å². The van der Waals surface area contributed by atoms with Crippen molar-refractivity contribution in [3.8, 4) is 11.5 Å². The van der Waals surface area contributed by atoms with E-state index in [0.29, 0.717) is 35.3 Å². The molecule has 7 heteroatoms. The van der Waals surface area contributed by atoms with Gasteiger partial charge < -0.3 is 15.2 Å². The molecule has 1 heterocycles. The van der Waals surface area contributed by atoms with Gasteiger partial charge >= 0.3 is 5.97 Å². The molecule has 1 saturated heterocycles. The van der Waals surface area contributed by atoms with E-state index in [0.717, 1.165) is 0 Å². The molecule has 1 aliphatic rings. The summed E-state index contributed by atoms with van der Waals surface area (Å²) in [6, 6.07) is 14.2. The highest BCUT2D eigenvalue weighted by Crippen LogP contribution is 2.29. The van der Waals surface area contributed by atoms with Crippen LogP contribution in [0, 0.1) is 11.8 Å². The molecule has 27 heavy (non-hydrogen) atoms. The van der Waals surface area contributed by atoms with Crippen molar-refractivity contribution in [1.82, 2.24) is 4.90 Å². The average molecular weight is 389 g/mol. The fourth-order valence-electron chi connectivity index (χ4n) is 3.18. The summed E-state index contributed by atoms with van der Waals surface area (Å²) in [4.78, 5) is 25.3. The smallest absolute Gasteiger partial charge is 0.308 e. The van der Waals surface area contributed by atoms with Crippen LogP contribution in [0.5, 0.6) is 11.5 Å². The van der Waals surface area contributed by atoms with E-state index in [9.17, 15) is 14.7 Å². The zero-order chi connectivity index (χ0) is 19.4. The number of likely N-dealkylation sites (tertiary alicyclic amines) is 1. The largest absolute Gasteiger partial charge is 0.481 e. The molecule has 2 N–H and O–H groups in total. The maximum absolute atomic E-state index is 12.2. The first-order valence-electron chi connectivity index (χ1n) is 8.70. The van der Waals surface area contributed by atoms with E-state index in [4.69, 9.17) is 16.3 Å². The fraction of sp³-hybridized carbons (Fsp3) is 0.300. The molecule has 0 bridgehead atoms. The summed E-state index contributed by atoms with van der Waals surface area (Å²) in [5.41, 5.74) is 0.647. The molecule has 0 radical (unpaired) electrons. The summed E-state index contributed by atoms with van der Waals surface area (Å²) >= 11 is 6.07. The number of nitrogens with zero attached hydrogens (tertiary/aromatic N) is 1. The van der Waals surface area contributed by atoms with Gasteiger partial charge in [0.15, 0.2) is 0 Å². The third-order valence-corrected chi connectivity index (χ3v) is 4.89. The van der Waals surface area contributed by atoms with Gasteiger partial charge in [-0.3, -0.25) is 14.5 Å². The number of carbonyl (C=O) groups is 2. The van der Waals surface area contributed by atoms with Gasteiger partial charge in [-0.05, 0) is 42.3 Å². The highest BCUT2D eigenvalue weighted by Gasteiger charge is 2.35. The first kappa shape index (κ1) is 19.2. The number of para-hydroxylation sites is 1. The lowest BCUT2D eigenvalue weighted by Gasteiger charge is -2.15. The lowest BCUT2D eigenvalue weighted by Crippen LogP contribution is -2.32. The number of hydrogen-bond donors (Lipinski definition) is 2. The number of ether oxygens (including phenoxy) is 1. The van der Waals surface area contributed by atoms with E-state index in [1.165, 1.54) is 0 Å². The Morgan fingerprint density at radius 2 is 1.89 bits per heavy atom. The number of rotatable bonds is 6. The summed E-state index contributed by atoms with van der Waals surface area (Å²) < 4.78 is 5.71. The summed E-state index contributed by atoms with van der Waals surface area (Å²) in [6.45, 7) is 3.07. The van der Waals surface area contributed by atoms with Crippen molar-refractivity contribution in [3.63, 3.8) is 0 Å². The van der Waals surface area contributed by atoms with Gasteiger partial charge in [-0.1, -0.05) is 30.7 Å². The van der Waals surface area contributed by atoms with Crippen LogP contribution in [0.2, 0.25) is 5.02 Å². The van der Waals surface area contributed by atoms with Gasteiger partial charge in [-0.25, -0.2) is 0 Å². The van der Waals surface area contributed by atoms with E-state index in [2.05, 4.69) is 5.32 Å². The number of carbonyl (C=O) groups excluding carboxylic acids is 1. The lowest BCUT2D eigenvalue weighted by molar-refractivity contribution is -0.142.